The lowest BCUT2D eigenvalue weighted by molar-refractivity contribution is 0.0697. The van der Waals surface area contributed by atoms with Gasteiger partial charge in [-0.05, 0) is 28.6 Å². The summed E-state index contributed by atoms with van der Waals surface area (Å²) >= 11 is 5.91. The van der Waals surface area contributed by atoms with Gasteiger partial charge < -0.3 is 5.11 Å². The van der Waals surface area contributed by atoms with Crippen molar-refractivity contribution in [2.45, 2.75) is 19.8 Å². The van der Waals surface area contributed by atoms with Gasteiger partial charge in [-0.1, -0.05) is 25.4 Å². The lowest BCUT2D eigenvalue weighted by Crippen LogP contribution is -2.06. The maximum atomic E-state index is 10.9. The summed E-state index contributed by atoms with van der Waals surface area (Å²) in [4.78, 5) is 10.9. The molecule has 2 rings (SSSR count). The smallest absolute Gasteiger partial charge is 0.337 e. The average Bonchev–Trinajstić information content (AvgIpc) is 2.77. The zero-order chi connectivity index (χ0) is 13.3. The number of hydrogen-bond acceptors (Lipinski definition) is 4. The van der Waals surface area contributed by atoms with Gasteiger partial charge in [0.1, 0.15) is 0 Å². The van der Waals surface area contributed by atoms with E-state index >= 15 is 0 Å². The second-order valence-electron chi connectivity index (χ2n) is 4.07. The van der Waals surface area contributed by atoms with Crippen LogP contribution in [0.1, 0.15) is 35.9 Å². The Morgan fingerprint density at radius 2 is 2.17 bits per heavy atom. The van der Waals surface area contributed by atoms with Gasteiger partial charge in [-0.15, -0.1) is 5.10 Å². The zero-order valence-corrected chi connectivity index (χ0v) is 10.6. The minimum absolute atomic E-state index is 0.0552. The fourth-order valence-corrected chi connectivity index (χ4v) is 1.80. The summed E-state index contributed by atoms with van der Waals surface area (Å²) in [6, 6.07) is 4.59. The molecular weight excluding hydrogens is 256 g/mol. The van der Waals surface area contributed by atoms with Crippen molar-refractivity contribution in [2.24, 2.45) is 0 Å². The molecule has 0 unspecified atom stereocenters. The molecule has 1 aromatic carbocycles. The molecule has 0 bridgehead atoms. The predicted octanol–water partition coefficient (Wildman–Crippen LogP) is 2.14. The van der Waals surface area contributed by atoms with Crippen LogP contribution < -0.4 is 0 Å². The Labute approximate surface area is 108 Å². The number of hydrogen-bond donors (Lipinski definition) is 1. The van der Waals surface area contributed by atoms with Crippen LogP contribution in [0.2, 0.25) is 5.02 Å². The number of benzene rings is 1. The number of carbonyl (C=O) groups is 1. The van der Waals surface area contributed by atoms with Gasteiger partial charge in [0.2, 0.25) is 0 Å². The van der Waals surface area contributed by atoms with Crippen molar-refractivity contribution in [2.75, 3.05) is 0 Å². The number of rotatable bonds is 3. The molecule has 2 aromatic rings. The molecule has 0 aliphatic heterocycles. The molecule has 6 nitrogen and oxygen atoms in total. The maximum absolute atomic E-state index is 10.9. The fourth-order valence-electron chi connectivity index (χ4n) is 1.55. The molecule has 0 saturated heterocycles. The van der Waals surface area contributed by atoms with E-state index in [2.05, 4.69) is 15.5 Å². The van der Waals surface area contributed by atoms with Crippen molar-refractivity contribution in [3.63, 3.8) is 0 Å². The number of tetrazole rings is 1. The highest BCUT2D eigenvalue weighted by Gasteiger charge is 2.14. The Hall–Kier alpha value is -1.95. The lowest BCUT2D eigenvalue weighted by Gasteiger charge is -2.08. The number of halogens is 1. The van der Waals surface area contributed by atoms with E-state index in [1.165, 1.54) is 12.1 Å². The molecule has 18 heavy (non-hydrogen) atoms. The third-order valence-corrected chi connectivity index (χ3v) is 2.75. The summed E-state index contributed by atoms with van der Waals surface area (Å²) in [5.41, 5.74) is 0.693. The molecule has 94 valence electrons. The van der Waals surface area contributed by atoms with Gasteiger partial charge in [-0.25, -0.2) is 4.79 Å². The quantitative estimate of drug-likeness (QED) is 0.920. The summed E-state index contributed by atoms with van der Waals surface area (Å²) in [5, 5.41) is 20.5. The minimum Gasteiger partial charge on any atom is -0.478 e. The van der Waals surface area contributed by atoms with Gasteiger partial charge in [0.25, 0.3) is 0 Å². The summed E-state index contributed by atoms with van der Waals surface area (Å²) in [6.07, 6.45) is 0. The van der Waals surface area contributed by atoms with E-state index in [1.807, 2.05) is 13.8 Å². The van der Waals surface area contributed by atoms with Crippen molar-refractivity contribution in [1.29, 1.82) is 0 Å². The van der Waals surface area contributed by atoms with Crippen molar-refractivity contribution in [3.05, 3.63) is 34.6 Å². The Kier molecular flexibility index (Phi) is 3.29. The topological polar surface area (TPSA) is 80.9 Å². The SMILES string of the molecule is CC(C)c1nnnn1-c1ccc(C(=O)O)c(Cl)c1. The molecule has 7 heteroatoms. The molecule has 0 fully saturated rings. The number of nitrogens with zero attached hydrogens (tertiary/aromatic N) is 4. The lowest BCUT2D eigenvalue weighted by atomic mass is 10.2. The van der Waals surface area contributed by atoms with E-state index < -0.39 is 5.97 Å². The van der Waals surface area contributed by atoms with Gasteiger partial charge >= 0.3 is 5.97 Å². The molecule has 0 aliphatic carbocycles. The number of carboxylic acids is 1. The van der Waals surface area contributed by atoms with Crippen LogP contribution in [0.5, 0.6) is 0 Å². The van der Waals surface area contributed by atoms with Crippen molar-refractivity contribution < 1.29 is 9.90 Å². The monoisotopic (exact) mass is 266 g/mol. The summed E-state index contributed by atoms with van der Waals surface area (Å²) in [6.45, 7) is 3.94. The van der Waals surface area contributed by atoms with Gasteiger partial charge in [-0.2, -0.15) is 4.68 Å². The summed E-state index contributed by atoms with van der Waals surface area (Å²) in [7, 11) is 0. The molecule has 0 aliphatic rings. The first-order valence-corrected chi connectivity index (χ1v) is 5.70. The van der Waals surface area contributed by atoms with Crippen LogP contribution >= 0.6 is 11.6 Å². The molecule has 0 atom stereocenters. The molecule has 0 radical (unpaired) electrons. The van der Waals surface area contributed by atoms with Crippen molar-refractivity contribution in [3.8, 4) is 5.69 Å². The minimum atomic E-state index is -1.06. The molecule has 1 heterocycles. The first kappa shape index (κ1) is 12.5. The summed E-state index contributed by atoms with van der Waals surface area (Å²) < 4.78 is 1.54. The molecular formula is C11H11ClN4O2. The third kappa shape index (κ3) is 2.19. The molecule has 1 N–H and O–H groups in total. The largest absolute Gasteiger partial charge is 0.478 e. The first-order valence-electron chi connectivity index (χ1n) is 5.32. The second-order valence-corrected chi connectivity index (χ2v) is 4.48. The van der Waals surface area contributed by atoms with E-state index in [0.717, 1.165) is 0 Å². The Morgan fingerprint density at radius 3 is 2.72 bits per heavy atom. The van der Waals surface area contributed by atoms with Crippen LogP contribution in [0.3, 0.4) is 0 Å². The number of aromatic nitrogens is 4. The van der Waals surface area contributed by atoms with Gasteiger partial charge in [0, 0.05) is 5.92 Å². The zero-order valence-electron chi connectivity index (χ0n) is 9.83. The predicted molar refractivity (Wildman–Crippen MR) is 65.2 cm³/mol. The molecule has 1 aromatic heterocycles. The van der Waals surface area contributed by atoms with E-state index in [9.17, 15) is 4.79 Å². The summed E-state index contributed by atoms with van der Waals surface area (Å²) in [5.74, 6) is -0.223. The van der Waals surface area contributed by atoms with Gasteiger partial charge in [0.15, 0.2) is 5.82 Å². The van der Waals surface area contributed by atoms with Crippen LogP contribution in [0.15, 0.2) is 18.2 Å². The molecule has 0 amide bonds. The van der Waals surface area contributed by atoms with Crippen LogP contribution in [-0.4, -0.2) is 31.3 Å². The first-order chi connectivity index (χ1) is 8.50. The average molecular weight is 267 g/mol. The second kappa shape index (κ2) is 4.73. The molecule has 0 spiro atoms. The Balaban J connectivity index is 2.49. The van der Waals surface area contributed by atoms with E-state index in [1.54, 1.807) is 10.7 Å². The fraction of sp³-hybridized carbons (Fsp3) is 0.273. The Morgan fingerprint density at radius 1 is 1.44 bits per heavy atom. The van der Waals surface area contributed by atoms with Crippen LogP contribution in [0.4, 0.5) is 0 Å². The van der Waals surface area contributed by atoms with Crippen LogP contribution in [0.25, 0.3) is 5.69 Å². The molecule has 0 saturated carbocycles. The highest BCUT2D eigenvalue weighted by atomic mass is 35.5. The van der Waals surface area contributed by atoms with E-state index in [-0.39, 0.29) is 16.5 Å². The van der Waals surface area contributed by atoms with Crippen LogP contribution in [-0.2, 0) is 0 Å². The maximum Gasteiger partial charge on any atom is 0.337 e. The van der Waals surface area contributed by atoms with Crippen molar-refractivity contribution in [1.82, 2.24) is 20.2 Å². The van der Waals surface area contributed by atoms with Gasteiger partial charge in [-0.3, -0.25) is 0 Å². The number of aromatic carboxylic acids is 1. The third-order valence-electron chi connectivity index (χ3n) is 2.44. The van der Waals surface area contributed by atoms with Crippen LogP contribution in [0, 0.1) is 0 Å². The highest BCUT2D eigenvalue weighted by molar-refractivity contribution is 6.33. The normalized spacial score (nSPS) is 10.9. The van der Waals surface area contributed by atoms with E-state index in [0.29, 0.717) is 11.5 Å². The Bertz CT molecular complexity index is 594. The number of carboxylic acid groups (broad SMARTS) is 1. The van der Waals surface area contributed by atoms with E-state index in [4.69, 9.17) is 16.7 Å². The van der Waals surface area contributed by atoms with Gasteiger partial charge in [0.05, 0.1) is 16.3 Å². The standard InChI is InChI=1S/C11H11ClN4O2/c1-6(2)10-13-14-15-16(10)7-3-4-8(11(17)18)9(12)5-7/h3-6H,1-2H3,(H,17,18). The highest BCUT2D eigenvalue weighted by Crippen LogP contribution is 2.22. The van der Waals surface area contributed by atoms with Crippen molar-refractivity contribution >= 4 is 17.6 Å².